The van der Waals surface area contributed by atoms with Gasteiger partial charge in [0.15, 0.2) is 0 Å². The Balaban J connectivity index is 1.98. The summed E-state index contributed by atoms with van der Waals surface area (Å²) in [5.74, 6) is -0.954. The summed E-state index contributed by atoms with van der Waals surface area (Å²) in [7, 11) is 0. The van der Waals surface area contributed by atoms with Crippen molar-refractivity contribution in [3.8, 4) is 5.75 Å². The Hall–Kier alpha value is -2.63. The molecule has 6 heteroatoms. The van der Waals surface area contributed by atoms with E-state index in [1.807, 2.05) is 20.8 Å². The van der Waals surface area contributed by atoms with Gasteiger partial charge in [0.25, 0.3) is 11.8 Å². The molecule has 3 amide bonds. The predicted molar refractivity (Wildman–Crippen MR) is 87.6 cm³/mol. The highest BCUT2D eigenvalue weighted by molar-refractivity contribution is 6.24. The number of nitrogens with one attached hydrogen (secondary N) is 1. The molecular formula is C18H20N2O4. The lowest BCUT2D eigenvalue weighted by Gasteiger charge is -2.29. The van der Waals surface area contributed by atoms with E-state index in [0.717, 1.165) is 4.90 Å². The first kappa shape index (κ1) is 16.2. The van der Waals surface area contributed by atoms with Gasteiger partial charge in [-0.25, -0.2) is 0 Å². The van der Waals surface area contributed by atoms with Crippen molar-refractivity contribution in [2.75, 3.05) is 0 Å². The highest BCUT2D eigenvalue weighted by Crippen LogP contribution is 2.35. The van der Waals surface area contributed by atoms with Crippen LogP contribution in [0.25, 0.3) is 0 Å². The minimum Gasteiger partial charge on any atom is -0.487 e. The lowest BCUT2D eigenvalue weighted by molar-refractivity contribution is -0.125. The summed E-state index contributed by atoms with van der Waals surface area (Å²) in [6.07, 6.45) is 0.917. The van der Waals surface area contributed by atoms with E-state index in [1.165, 1.54) is 0 Å². The number of benzene rings is 1. The Bertz CT molecular complexity index is 761. The van der Waals surface area contributed by atoms with Gasteiger partial charge in [0.2, 0.25) is 5.91 Å². The van der Waals surface area contributed by atoms with E-state index >= 15 is 0 Å². The van der Waals surface area contributed by atoms with Crippen LogP contribution >= 0.6 is 0 Å². The van der Waals surface area contributed by atoms with Gasteiger partial charge in [-0.05, 0) is 45.7 Å². The number of fused-ring (bicyclic) bond motifs is 1. The number of allylic oxidation sites excluding steroid dienone is 1. The molecule has 24 heavy (non-hydrogen) atoms. The molecule has 0 aliphatic carbocycles. The summed E-state index contributed by atoms with van der Waals surface area (Å²) in [4.78, 5) is 38.8. The third-order valence-corrected chi connectivity index (χ3v) is 3.96. The van der Waals surface area contributed by atoms with Gasteiger partial charge in [-0.15, -0.1) is 0 Å². The fourth-order valence-corrected chi connectivity index (χ4v) is 2.98. The molecule has 126 valence electrons. The molecule has 0 aromatic heterocycles. The van der Waals surface area contributed by atoms with Crippen molar-refractivity contribution in [1.82, 2.24) is 10.2 Å². The normalized spacial score (nSPS) is 21.0. The van der Waals surface area contributed by atoms with Crippen LogP contribution in [0, 0.1) is 0 Å². The minimum absolute atomic E-state index is 0.231. The monoisotopic (exact) mass is 328 g/mol. The molecule has 0 spiro atoms. The van der Waals surface area contributed by atoms with Gasteiger partial charge < -0.3 is 10.1 Å². The quantitative estimate of drug-likeness (QED) is 0.845. The van der Waals surface area contributed by atoms with Crippen LogP contribution < -0.4 is 10.1 Å². The summed E-state index contributed by atoms with van der Waals surface area (Å²) in [5.41, 5.74) is 0.601. The lowest BCUT2D eigenvalue weighted by Crippen LogP contribution is -2.51. The molecule has 2 aliphatic heterocycles. The zero-order chi connectivity index (χ0) is 17.6. The average Bonchev–Trinajstić information content (AvgIpc) is 2.71. The van der Waals surface area contributed by atoms with Crippen LogP contribution in [-0.4, -0.2) is 34.3 Å². The largest absolute Gasteiger partial charge is 0.487 e. The molecule has 2 heterocycles. The van der Waals surface area contributed by atoms with E-state index in [2.05, 4.69) is 11.9 Å². The van der Waals surface area contributed by atoms with Crippen LogP contribution in [-0.2, 0) is 4.79 Å². The Kier molecular flexibility index (Phi) is 3.70. The molecule has 1 unspecified atom stereocenters. The van der Waals surface area contributed by atoms with Gasteiger partial charge in [-0.3, -0.25) is 19.3 Å². The smallest absolute Gasteiger partial charge is 0.266 e. The summed E-state index contributed by atoms with van der Waals surface area (Å²) < 4.78 is 5.83. The number of piperidine rings is 1. The second-order valence-corrected chi connectivity index (χ2v) is 7.02. The van der Waals surface area contributed by atoms with Crippen molar-refractivity contribution in [3.63, 3.8) is 0 Å². The molecular weight excluding hydrogens is 308 g/mol. The third-order valence-electron chi connectivity index (χ3n) is 3.96. The standard InChI is InChI=1S/C18H20N2O4/c1-10-8-9-12(15(21)19-10)20-16(22)11-6-5-7-13(14(11)17(20)23)24-18(2,3)4/h5-7,12H,1,8-9H2,2-4H3,(H,19,21). The van der Waals surface area contributed by atoms with Crippen LogP contribution in [0.1, 0.15) is 54.3 Å². The van der Waals surface area contributed by atoms with Crippen molar-refractivity contribution in [2.45, 2.75) is 45.3 Å². The number of rotatable bonds is 2. The first-order valence-corrected chi connectivity index (χ1v) is 7.87. The highest BCUT2D eigenvalue weighted by Gasteiger charge is 2.45. The van der Waals surface area contributed by atoms with Gasteiger partial charge in [-0.2, -0.15) is 0 Å². The average molecular weight is 328 g/mol. The number of hydrogen-bond donors (Lipinski definition) is 1. The predicted octanol–water partition coefficient (Wildman–Crippen LogP) is 2.25. The van der Waals surface area contributed by atoms with Gasteiger partial charge in [0, 0.05) is 5.70 Å². The first-order chi connectivity index (χ1) is 11.2. The minimum atomic E-state index is -0.814. The molecule has 0 saturated carbocycles. The fraction of sp³-hybridized carbons (Fsp3) is 0.389. The van der Waals surface area contributed by atoms with Crippen LogP contribution in [0.2, 0.25) is 0 Å². The van der Waals surface area contributed by atoms with E-state index in [0.29, 0.717) is 24.3 Å². The third kappa shape index (κ3) is 2.68. The number of carbonyl (C=O) groups excluding carboxylic acids is 3. The summed E-state index contributed by atoms with van der Waals surface area (Å²) >= 11 is 0. The summed E-state index contributed by atoms with van der Waals surface area (Å²) in [5, 5.41) is 2.62. The maximum Gasteiger partial charge on any atom is 0.266 e. The van der Waals surface area contributed by atoms with Crippen molar-refractivity contribution >= 4 is 17.7 Å². The molecule has 1 fully saturated rings. The molecule has 1 aromatic rings. The number of ether oxygens (including phenoxy) is 1. The van der Waals surface area contributed by atoms with E-state index < -0.39 is 23.5 Å². The molecule has 3 rings (SSSR count). The maximum absolute atomic E-state index is 12.9. The lowest BCUT2D eigenvalue weighted by atomic mass is 10.0. The summed E-state index contributed by atoms with van der Waals surface area (Å²) in [6, 6.07) is 4.12. The Morgan fingerprint density at radius 2 is 1.92 bits per heavy atom. The molecule has 1 saturated heterocycles. The fourth-order valence-electron chi connectivity index (χ4n) is 2.98. The summed E-state index contributed by atoms with van der Waals surface area (Å²) in [6.45, 7) is 9.32. The van der Waals surface area contributed by atoms with E-state index in [1.54, 1.807) is 18.2 Å². The van der Waals surface area contributed by atoms with Crippen LogP contribution in [0.5, 0.6) is 5.75 Å². The number of imide groups is 1. The molecule has 6 nitrogen and oxygen atoms in total. The topological polar surface area (TPSA) is 75.7 Å². The molecule has 1 atom stereocenters. The number of amides is 3. The van der Waals surface area contributed by atoms with Crippen molar-refractivity contribution in [3.05, 3.63) is 41.6 Å². The Labute approximate surface area is 140 Å². The van der Waals surface area contributed by atoms with Gasteiger partial charge in [0.05, 0.1) is 11.1 Å². The Morgan fingerprint density at radius 3 is 2.54 bits per heavy atom. The molecule has 2 aliphatic rings. The van der Waals surface area contributed by atoms with E-state index in [9.17, 15) is 14.4 Å². The first-order valence-electron chi connectivity index (χ1n) is 7.87. The van der Waals surface area contributed by atoms with Crippen molar-refractivity contribution < 1.29 is 19.1 Å². The van der Waals surface area contributed by atoms with Crippen LogP contribution in [0.3, 0.4) is 0 Å². The number of nitrogens with zero attached hydrogens (tertiary/aromatic N) is 1. The molecule has 1 aromatic carbocycles. The molecule has 0 bridgehead atoms. The van der Waals surface area contributed by atoms with Gasteiger partial charge in [0.1, 0.15) is 17.4 Å². The highest BCUT2D eigenvalue weighted by atomic mass is 16.5. The number of hydrogen-bond acceptors (Lipinski definition) is 4. The van der Waals surface area contributed by atoms with E-state index in [4.69, 9.17) is 4.74 Å². The maximum atomic E-state index is 12.9. The zero-order valence-electron chi connectivity index (χ0n) is 14.0. The van der Waals surface area contributed by atoms with Crippen LogP contribution in [0.15, 0.2) is 30.5 Å². The zero-order valence-corrected chi connectivity index (χ0v) is 14.0. The SMILES string of the molecule is C=C1CCC(N2C(=O)c3cccc(OC(C)(C)C)c3C2=O)C(=O)N1. The Morgan fingerprint density at radius 1 is 1.21 bits per heavy atom. The number of carbonyl (C=O) groups is 3. The van der Waals surface area contributed by atoms with Crippen molar-refractivity contribution in [2.24, 2.45) is 0 Å². The van der Waals surface area contributed by atoms with Crippen LogP contribution in [0.4, 0.5) is 0 Å². The van der Waals surface area contributed by atoms with Gasteiger partial charge >= 0.3 is 0 Å². The van der Waals surface area contributed by atoms with E-state index in [-0.39, 0.29) is 17.0 Å². The molecule has 1 N–H and O–H groups in total. The molecule has 0 radical (unpaired) electrons. The second-order valence-electron chi connectivity index (χ2n) is 7.02. The van der Waals surface area contributed by atoms with Crippen molar-refractivity contribution in [1.29, 1.82) is 0 Å². The van der Waals surface area contributed by atoms with Gasteiger partial charge in [-0.1, -0.05) is 12.6 Å². The second kappa shape index (κ2) is 5.47.